The van der Waals surface area contributed by atoms with E-state index in [9.17, 15) is 29.7 Å². The van der Waals surface area contributed by atoms with Gasteiger partial charge in [-0.1, -0.05) is 12.1 Å². The molecule has 0 atom stereocenters. The summed E-state index contributed by atoms with van der Waals surface area (Å²) in [6.07, 6.45) is 0. The Morgan fingerprint density at radius 1 is 0.818 bits per heavy atom. The maximum Gasteiger partial charge on any atom is 0.342 e. The number of phenolic OH excluding ortho intramolecular Hbond substituents is 4. The second-order valence-electron chi connectivity index (χ2n) is 7.44. The minimum Gasteiger partial charge on any atom is -0.508 e. The highest BCUT2D eigenvalue weighted by Crippen LogP contribution is 2.36. The number of rotatable bonds is 2. The summed E-state index contributed by atoms with van der Waals surface area (Å²) in [7, 11) is 0. The van der Waals surface area contributed by atoms with Gasteiger partial charge in [-0.15, -0.1) is 0 Å². The van der Waals surface area contributed by atoms with E-state index in [1.165, 1.54) is 30.3 Å². The lowest BCUT2D eigenvalue weighted by Crippen LogP contribution is -2.21. The zero-order chi connectivity index (χ0) is 24.4. The summed E-state index contributed by atoms with van der Waals surface area (Å²) in [6, 6.07) is 9.86. The van der Waals surface area contributed by atoms with Crippen LogP contribution in [0.25, 0.3) is 0 Å². The van der Waals surface area contributed by atoms with Crippen LogP contribution in [0.2, 0.25) is 0 Å². The van der Waals surface area contributed by atoms with Crippen molar-refractivity contribution in [3.05, 3.63) is 81.4 Å². The standard InChI is InChI=1S/C15H10O4.C10H12O4/c1-7-5-9-13(11(17)6-7)15(19)12-8(14(9)18)3-2-4-10(12)16;1-3-14-10(13)9-6(2)4-7(11)5-8(9)12/h2-6,16-17H,1H3;4-5,11-12H,3H2,1-2H3. The third-order valence-corrected chi connectivity index (χ3v) is 5.03. The molecule has 3 aromatic rings. The van der Waals surface area contributed by atoms with Gasteiger partial charge in [0, 0.05) is 17.2 Å². The van der Waals surface area contributed by atoms with Crippen molar-refractivity contribution in [2.24, 2.45) is 0 Å². The number of ketones is 2. The Balaban J connectivity index is 0.000000196. The van der Waals surface area contributed by atoms with Crippen molar-refractivity contribution in [2.75, 3.05) is 6.61 Å². The summed E-state index contributed by atoms with van der Waals surface area (Å²) in [5.41, 5.74) is 1.55. The molecule has 3 aromatic carbocycles. The molecule has 8 nitrogen and oxygen atoms in total. The second-order valence-corrected chi connectivity index (χ2v) is 7.44. The van der Waals surface area contributed by atoms with Crippen LogP contribution in [0.4, 0.5) is 0 Å². The van der Waals surface area contributed by atoms with Gasteiger partial charge in [-0.25, -0.2) is 4.79 Å². The van der Waals surface area contributed by atoms with Crippen LogP contribution < -0.4 is 0 Å². The Morgan fingerprint density at radius 3 is 2.12 bits per heavy atom. The summed E-state index contributed by atoms with van der Waals surface area (Å²) in [5, 5.41) is 38.2. The maximum absolute atomic E-state index is 12.3. The van der Waals surface area contributed by atoms with Crippen LogP contribution in [0.5, 0.6) is 23.0 Å². The number of benzene rings is 3. The molecular formula is C25H22O8. The maximum atomic E-state index is 12.3. The van der Waals surface area contributed by atoms with Gasteiger partial charge in [-0.2, -0.15) is 0 Å². The molecule has 4 N–H and O–H groups in total. The molecule has 0 saturated heterocycles. The highest BCUT2D eigenvalue weighted by Gasteiger charge is 2.34. The van der Waals surface area contributed by atoms with Gasteiger partial charge in [0.1, 0.15) is 28.6 Å². The summed E-state index contributed by atoms with van der Waals surface area (Å²) >= 11 is 0. The van der Waals surface area contributed by atoms with E-state index in [4.69, 9.17) is 9.84 Å². The zero-order valence-electron chi connectivity index (χ0n) is 18.2. The Labute approximate surface area is 189 Å². The highest BCUT2D eigenvalue weighted by atomic mass is 16.5. The van der Waals surface area contributed by atoms with E-state index in [0.29, 0.717) is 11.1 Å². The molecule has 0 unspecified atom stereocenters. The topological polar surface area (TPSA) is 141 Å². The molecule has 1 aliphatic rings. The molecule has 0 spiro atoms. The first-order valence-electron chi connectivity index (χ1n) is 10.0. The third-order valence-electron chi connectivity index (χ3n) is 5.03. The van der Waals surface area contributed by atoms with E-state index in [1.54, 1.807) is 26.8 Å². The summed E-state index contributed by atoms with van der Waals surface area (Å²) in [6.45, 7) is 5.28. The van der Waals surface area contributed by atoms with Crippen LogP contribution in [0.15, 0.2) is 42.5 Å². The Morgan fingerprint density at radius 2 is 1.48 bits per heavy atom. The zero-order valence-corrected chi connectivity index (χ0v) is 18.2. The first kappa shape index (κ1) is 23.3. The first-order chi connectivity index (χ1) is 15.6. The lowest BCUT2D eigenvalue weighted by atomic mass is 9.82. The number of phenols is 4. The fourth-order valence-corrected chi connectivity index (χ4v) is 3.64. The smallest absolute Gasteiger partial charge is 0.342 e. The molecule has 1 aliphatic carbocycles. The van der Waals surface area contributed by atoms with E-state index in [1.807, 2.05) is 0 Å². The van der Waals surface area contributed by atoms with Crippen molar-refractivity contribution >= 4 is 17.5 Å². The van der Waals surface area contributed by atoms with Gasteiger partial charge in [0.2, 0.25) is 5.78 Å². The molecule has 0 aliphatic heterocycles. The number of ether oxygens (including phenoxy) is 1. The largest absolute Gasteiger partial charge is 0.508 e. The molecule has 0 bridgehead atoms. The first-order valence-corrected chi connectivity index (χ1v) is 10.0. The normalized spacial score (nSPS) is 11.7. The van der Waals surface area contributed by atoms with Crippen LogP contribution in [-0.2, 0) is 4.74 Å². The van der Waals surface area contributed by atoms with Crippen molar-refractivity contribution in [3.63, 3.8) is 0 Å². The van der Waals surface area contributed by atoms with Crippen molar-refractivity contribution in [3.8, 4) is 23.0 Å². The molecule has 33 heavy (non-hydrogen) atoms. The van der Waals surface area contributed by atoms with Gasteiger partial charge >= 0.3 is 5.97 Å². The average molecular weight is 450 g/mol. The van der Waals surface area contributed by atoms with Crippen molar-refractivity contribution in [1.82, 2.24) is 0 Å². The van der Waals surface area contributed by atoms with Crippen molar-refractivity contribution < 1.29 is 39.5 Å². The van der Waals surface area contributed by atoms with Gasteiger partial charge in [-0.05, 0) is 56.2 Å². The van der Waals surface area contributed by atoms with Crippen LogP contribution in [0, 0.1) is 13.8 Å². The van der Waals surface area contributed by atoms with E-state index in [0.717, 1.165) is 6.07 Å². The molecule has 0 saturated carbocycles. The predicted molar refractivity (Wildman–Crippen MR) is 118 cm³/mol. The number of hydrogen-bond donors (Lipinski definition) is 4. The molecule has 0 fully saturated rings. The van der Waals surface area contributed by atoms with Crippen LogP contribution in [0.1, 0.15) is 60.3 Å². The van der Waals surface area contributed by atoms with Crippen LogP contribution >= 0.6 is 0 Å². The van der Waals surface area contributed by atoms with Gasteiger partial charge in [0.15, 0.2) is 5.78 Å². The average Bonchev–Trinajstić information content (AvgIpc) is 2.71. The van der Waals surface area contributed by atoms with Gasteiger partial charge < -0.3 is 25.2 Å². The molecule has 4 rings (SSSR count). The van der Waals surface area contributed by atoms with E-state index >= 15 is 0 Å². The summed E-state index contributed by atoms with van der Waals surface area (Å²) < 4.78 is 4.75. The number of hydrogen-bond acceptors (Lipinski definition) is 8. The Hall–Kier alpha value is -4.33. The van der Waals surface area contributed by atoms with Gasteiger partial charge in [0.05, 0.1) is 17.7 Å². The second kappa shape index (κ2) is 9.04. The minimum atomic E-state index is -0.581. The monoisotopic (exact) mass is 450 g/mol. The third kappa shape index (κ3) is 4.36. The van der Waals surface area contributed by atoms with Crippen molar-refractivity contribution in [1.29, 1.82) is 0 Å². The van der Waals surface area contributed by atoms with E-state index < -0.39 is 11.8 Å². The Kier molecular flexibility index (Phi) is 6.39. The molecule has 8 heteroatoms. The summed E-state index contributed by atoms with van der Waals surface area (Å²) in [5.74, 6) is -2.29. The lowest BCUT2D eigenvalue weighted by molar-refractivity contribution is 0.0522. The number of fused-ring (bicyclic) bond motifs is 2. The molecule has 0 amide bonds. The fraction of sp³-hybridized carbons (Fsp3) is 0.160. The van der Waals surface area contributed by atoms with Gasteiger partial charge in [0.25, 0.3) is 0 Å². The fourth-order valence-electron chi connectivity index (χ4n) is 3.64. The molecular weight excluding hydrogens is 428 g/mol. The molecule has 170 valence electrons. The highest BCUT2D eigenvalue weighted by molar-refractivity contribution is 6.30. The van der Waals surface area contributed by atoms with E-state index in [-0.39, 0.29) is 63.2 Å². The number of esters is 1. The lowest BCUT2D eigenvalue weighted by Gasteiger charge is -2.19. The van der Waals surface area contributed by atoms with E-state index in [2.05, 4.69) is 0 Å². The molecule has 0 heterocycles. The van der Waals surface area contributed by atoms with Gasteiger partial charge in [-0.3, -0.25) is 9.59 Å². The molecule has 0 aromatic heterocycles. The number of carbonyl (C=O) groups excluding carboxylic acids is 3. The number of aryl methyl sites for hydroxylation is 2. The Bertz CT molecular complexity index is 1270. The summed E-state index contributed by atoms with van der Waals surface area (Å²) in [4.78, 5) is 36.0. The SMILES string of the molecule is CCOC(=O)c1c(C)cc(O)cc1O.Cc1cc(O)c2c(c1)C(=O)c1cccc(O)c1C2=O. The molecule has 0 radical (unpaired) electrons. The number of aromatic hydroxyl groups is 4. The number of carbonyl (C=O) groups is 3. The van der Waals surface area contributed by atoms with Crippen LogP contribution in [-0.4, -0.2) is 44.6 Å². The quantitative estimate of drug-likeness (QED) is 0.338. The minimum absolute atomic E-state index is 0.0374. The predicted octanol–water partition coefficient (Wildman–Crippen LogP) is 3.76. The van der Waals surface area contributed by atoms with Crippen LogP contribution in [0.3, 0.4) is 0 Å². The van der Waals surface area contributed by atoms with Crippen molar-refractivity contribution in [2.45, 2.75) is 20.8 Å².